The van der Waals surface area contributed by atoms with E-state index < -0.39 is 7.80 Å². The summed E-state index contributed by atoms with van der Waals surface area (Å²) < 4.78 is 15.0. The Balaban J connectivity index is 1.77. The summed E-state index contributed by atoms with van der Waals surface area (Å²) in [6.07, 6.45) is 0.858. The van der Waals surface area contributed by atoms with E-state index in [1.54, 1.807) is 0 Å². The maximum absolute atomic E-state index is 15.0. The fraction of sp³-hybridized carbons (Fsp3) is 0.108. The third-order valence-electron chi connectivity index (χ3n) is 7.55. The Hall–Kier alpha value is -4.39. The second kappa shape index (κ2) is 10.3. The van der Waals surface area contributed by atoms with Crippen LogP contribution in [0.4, 0.5) is 0 Å². The Morgan fingerprint density at radius 2 is 1.12 bits per heavy atom. The number of benzene rings is 6. The highest BCUT2D eigenvalue weighted by molar-refractivity contribution is 7.62. The molecule has 2 nitrogen and oxygen atoms in total. The third kappa shape index (κ3) is 4.55. The molecule has 40 heavy (non-hydrogen) atoms. The summed E-state index contributed by atoms with van der Waals surface area (Å²) in [4.78, 5) is 12.5. The first-order valence-electron chi connectivity index (χ1n) is 13.5. The summed E-state index contributed by atoms with van der Waals surface area (Å²) in [6.45, 7) is 8.42. The monoisotopic (exact) mass is 537 g/mol. The zero-order valence-electron chi connectivity index (χ0n) is 23.2. The van der Waals surface area contributed by atoms with Crippen LogP contribution in [0.5, 0.6) is 0 Å². The minimum Gasteiger partial charge on any atom is -0.298 e. The molecular formula is C37H30O2P+. The van der Waals surface area contributed by atoms with Gasteiger partial charge in [-0.05, 0) is 84.8 Å². The summed E-state index contributed by atoms with van der Waals surface area (Å²) in [5.74, 6) is 0. The standard InChI is InChI=1S/C37H30O2P/c1-23-15-24(2)18-29(17-23)33-21-28-10-6-8-12-32(28)37(36(33)30-19-25(3)16-26(4)20-30)40(39)35-14-13-27-9-5-7-11-31(27)34(35)22-38/h5-22H,1-4H3/q+1. The summed E-state index contributed by atoms with van der Waals surface area (Å²) in [7, 11) is -2.14. The van der Waals surface area contributed by atoms with Gasteiger partial charge in [-0.25, -0.2) is 0 Å². The highest BCUT2D eigenvalue weighted by atomic mass is 31.1. The number of carbonyl (C=O) groups is 1. The van der Waals surface area contributed by atoms with Crippen molar-refractivity contribution in [3.05, 3.63) is 131 Å². The maximum atomic E-state index is 15.0. The molecule has 3 heteroatoms. The van der Waals surface area contributed by atoms with E-state index in [0.717, 1.165) is 66.5 Å². The van der Waals surface area contributed by atoms with E-state index in [0.29, 0.717) is 10.9 Å². The molecule has 6 rings (SSSR count). The molecule has 0 bridgehead atoms. The van der Waals surface area contributed by atoms with E-state index in [4.69, 9.17) is 0 Å². The molecule has 0 radical (unpaired) electrons. The molecular weight excluding hydrogens is 507 g/mol. The molecule has 6 aromatic carbocycles. The van der Waals surface area contributed by atoms with Crippen molar-refractivity contribution >= 4 is 46.2 Å². The lowest BCUT2D eigenvalue weighted by Gasteiger charge is -2.16. The van der Waals surface area contributed by atoms with Crippen molar-refractivity contribution in [2.75, 3.05) is 0 Å². The first-order valence-corrected chi connectivity index (χ1v) is 14.8. The van der Waals surface area contributed by atoms with Crippen molar-refractivity contribution in [2.45, 2.75) is 27.7 Å². The number of carbonyl (C=O) groups excluding carboxylic acids is 1. The van der Waals surface area contributed by atoms with Gasteiger partial charge in [0.15, 0.2) is 6.29 Å². The largest absolute Gasteiger partial charge is 0.417 e. The Morgan fingerprint density at radius 3 is 1.75 bits per heavy atom. The van der Waals surface area contributed by atoms with Crippen LogP contribution >= 0.6 is 7.80 Å². The Labute approximate surface area is 236 Å². The van der Waals surface area contributed by atoms with Crippen molar-refractivity contribution in [3.63, 3.8) is 0 Å². The number of rotatable bonds is 5. The molecule has 0 spiro atoms. The first-order chi connectivity index (χ1) is 19.3. The summed E-state index contributed by atoms with van der Waals surface area (Å²) >= 11 is 0. The molecule has 194 valence electrons. The number of hydrogen-bond donors (Lipinski definition) is 0. The van der Waals surface area contributed by atoms with Crippen LogP contribution in [-0.4, -0.2) is 6.29 Å². The highest BCUT2D eigenvalue weighted by Crippen LogP contribution is 2.41. The van der Waals surface area contributed by atoms with Crippen LogP contribution in [0.2, 0.25) is 0 Å². The molecule has 0 saturated heterocycles. The topological polar surface area (TPSA) is 34.1 Å². The average Bonchev–Trinajstić information content (AvgIpc) is 2.94. The van der Waals surface area contributed by atoms with Crippen LogP contribution < -0.4 is 10.6 Å². The van der Waals surface area contributed by atoms with Crippen molar-refractivity contribution in [2.24, 2.45) is 0 Å². The van der Waals surface area contributed by atoms with Gasteiger partial charge in [0.2, 0.25) is 10.6 Å². The minimum atomic E-state index is -2.14. The molecule has 1 atom stereocenters. The van der Waals surface area contributed by atoms with E-state index in [1.165, 1.54) is 11.1 Å². The predicted octanol–water partition coefficient (Wildman–Crippen LogP) is 9.15. The van der Waals surface area contributed by atoms with Gasteiger partial charge in [0.1, 0.15) is 0 Å². The van der Waals surface area contributed by atoms with Gasteiger partial charge < -0.3 is 0 Å². The second-order valence-corrected chi connectivity index (χ2v) is 12.3. The number of fused-ring (bicyclic) bond motifs is 2. The lowest BCUT2D eigenvalue weighted by molar-refractivity contribution is 0.112. The Kier molecular flexibility index (Phi) is 6.66. The fourth-order valence-corrected chi connectivity index (χ4v) is 7.73. The van der Waals surface area contributed by atoms with Crippen molar-refractivity contribution in [3.8, 4) is 22.3 Å². The van der Waals surface area contributed by atoms with Crippen LogP contribution in [0.1, 0.15) is 32.6 Å². The fourth-order valence-electron chi connectivity index (χ4n) is 6.01. The van der Waals surface area contributed by atoms with Gasteiger partial charge in [0.05, 0.1) is 5.56 Å². The molecule has 1 unspecified atom stereocenters. The van der Waals surface area contributed by atoms with Gasteiger partial charge >= 0.3 is 7.80 Å². The van der Waals surface area contributed by atoms with E-state index >= 15 is 0 Å². The quantitative estimate of drug-likeness (QED) is 0.162. The van der Waals surface area contributed by atoms with Crippen LogP contribution in [0.3, 0.4) is 0 Å². The van der Waals surface area contributed by atoms with Gasteiger partial charge in [0, 0.05) is 10.9 Å². The predicted molar refractivity (Wildman–Crippen MR) is 170 cm³/mol. The first kappa shape index (κ1) is 25.9. The molecule has 0 N–H and O–H groups in total. The molecule has 0 heterocycles. The zero-order valence-corrected chi connectivity index (χ0v) is 24.1. The van der Waals surface area contributed by atoms with E-state index in [9.17, 15) is 9.36 Å². The highest BCUT2D eigenvalue weighted by Gasteiger charge is 2.35. The van der Waals surface area contributed by atoms with Crippen LogP contribution in [0, 0.1) is 27.7 Å². The third-order valence-corrected chi connectivity index (χ3v) is 9.25. The number of aldehydes is 1. The average molecular weight is 538 g/mol. The summed E-state index contributed by atoms with van der Waals surface area (Å²) in [5, 5.41) is 5.08. The Morgan fingerprint density at radius 1 is 0.575 bits per heavy atom. The number of hydrogen-bond acceptors (Lipinski definition) is 2. The van der Waals surface area contributed by atoms with Crippen LogP contribution in [-0.2, 0) is 4.57 Å². The van der Waals surface area contributed by atoms with Crippen molar-refractivity contribution in [1.29, 1.82) is 0 Å². The molecule has 0 saturated carbocycles. The minimum absolute atomic E-state index is 0.492. The summed E-state index contributed by atoms with van der Waals surface area (Å²) in [6, 6.07) is 35.1. The molecule has 0 aliphatic carbocycles. The molecule has 0 fully saturated rings. The lowest BCUT2D eigenvalue weighted by atomic mass is 9.89. The SMILES string of the molecule is Cc1cc(C)cc(-c2cc3ccccc3c([P+](=O)c3ccc4ccccc4c3C=O)c2-c2cc(C)cc(C)c2)c1. The van der Waals surface area contributed by atoms with E-state index in [1.807, 2.05) is 48.5 Å². The molecule has 0 aromatic heterocycles. The molecule has 0 aliphatic rings. The van der Waals surface area contributed by atoms with Gasteiger partial charge in [-0.15, -0.1) is 0 Å². The zero-order chi connectivity index (χ0) is 28.0. The van der Waals surface area contributed by atoms with Gasteiger partial charge in [-0.1, -0.05) is 106 Å². The number of aryl methyl sites for hydroxylation is 4. The van der Waals surface area contributed by atoms with Gasteiger partial charge in [0.25, 0.3) is 0 Å². The second-order valence-electron chi connectivity index (χ2n) is 10.8. The maximum Gasteiger partial charge on any atom is 0.417 e. The van der Waals surface area contributed by atoms with Gasteiger partial charge in [-0.2, -0.15) is 0 Å². The van der Waals surface area contributed by atoms with Crippen molar-refractivity contribution in [1.82, 2.24) is 0 Å². The Bertz CT molecular complexity index is 1940. The van der Waals surface area contributed by atoms with Crippen LogP contribution in [0.15, 0.2) is 103 Å². The van der Waals surface area contributed by atoms with Crippen LogP contribution in [0.25, 0.3) is 43.8 Å². The smallest absolute Gasteiger partial charge is 0.298 e. The molecule has 0 amide bonds. The van der Waals surface area contributed by atoms with Gasteiger partial charge in [-0.3, -0.25) is 4.79 Å². The molecule has 0 aliphatic heterocycles. The molecule has 6 aromatic rings. The summed E-state index contributed by atoms with van der Waals surface area (Å²) in [5.41, 5.74) is 9.28. The van der Waals surface area contributed by atoms with Crippen molar-refractivity contribution < 1.29 is 9.36 Å². The van der Waals surface area contributed by atoms with E-state index in [2.05, 4.69) is 82.3 Å². The normalized spacial score (nSPS) is 11.7. The van der Waals surface area contributed by atoms with E-state index in [-0.39, 0.29) is 0 Å². The lowest BCUT2D eigenvalue weighted by Crippen LogP contribution is -2.16.